The number of methoxy groups -OCH3 is 1. The summed E-state index contributed by atoms with van der Waals surface area (Å²) in [5.41, 5.74) is -0.448. The molecule has 0 aromatic heterocycles. The minimum Gasteiger partial charge on any atom is -0.383 e. The van der Waals surface area contributed by atoms with Gasteiger partial charge in [-0.1, -0.05) is 13.8 Å². The Kier molecular flexibility index (Phi) is 6.62. The highest BCUT2D eigenvalue weighted by atomic mass is 16.5. The van der Waals surface area contributed by atoms with Gasteiger partial charge in [-0.2, -0.15) is 5.06 Å². The Morgan fingerprint density at radius 2 is 1.53 bits per heavy atom. The molecule has 0 aromatic rings. The van der Waals surface area contributed by atoms with Gasteiger partial charge in [0.15, 0.2) is 0 Å². The molecule has 104 valence electrons. The lowest BCUT2D eigenvalue weighted by Crippen LogP contribution is -2.65. The molecule has 0 unspecified atom stereocenters. The number of hydrogen-bond donors (Lipinski definition) is 1. The van der Waals surface area contributed by atoms with Gasteiger partial charge < -0.3 is 9.94 Å². The third kappa shape index (κ3) is 3.65. The van der Waals surface area contributed by atoms with Crippen LogP contribution in [0.15, 0.2) is 0 Å². The van der Waals surface area contributed by atoms with E-state index in [1.54, 1.807) is 7.11 Å². The molecular weight excluding hydrogens is 216 g/mol. The average molecular weight is 246 g/mol. The van der Waals surface area contributed by atoms with Crippen molar-refractivity contribution >= 4 is 0 Å². The van der Waals surface area contributed by atoms with Crippen LogP contribution in [0.1, 0.15) is 41.5 Å². The lowest BCUT2D eigenvalue weighted by atomic mass is 9.80. The second kappa shape index (κ2) is 6.69. The lowest BCUT2D eigenvalue weighted by Gasteiger charge is -2.51. The van der Waals surface area contributed by atoms with Gasteiger partial charge in [-0.3, -0.25) is 4.90 Å². The van der Waals surface area contributed by atoms with Crippen LogP contribution in [0.3, 0.4) is 0 Å². The Morgan fingerprint density at radius 1 is 1.00 bits per heavy atom. The highest BCUT2D eigenvalue weighted by Gasteiger charge is 2.44. The van der Waals surface area contributed by atoms with E-state index in [0.29, 0.717) is 13.2 Å². The predicted octanol–water partition coefficient (Wildman–Crippen LogP) is 2.22. The quantitative estimate of drug-likeness (QED) is 0.666. The van der Waals surface area contributed by atoms with Crippen LogP contribution in [0, 0.1) is 0 Å². The van der Waals surface area contributed by atoms with Crippen molar-refractivity contribution in [2.75, 3.05) is 33.4 Å². The number of likely N-dealkylation sites (N-methyl/N-ethyl adjacent to an activating group) is 2. The SMILES string of the molecule is CCN(O)C(C)(C)C(C)(C)N(CC)CCOC. The van der Waals surface area contributed by atoms with Crippen molar-refractivity contribution in [1.29, 1.82) is 0 Å². The van der Waals surface area contributed by atoms with Gasteiger partial charge in [0.25, 0.3) is 0 Å². The van der Waals surface area contributed by atoms with Crippen LogP contribution in [0.5, 0.6) is 0 Å². The predicted molar refractivity (Wildman–Crippen MR) is 71.4 cm³/mol. The fraction of sp³-hybridized carbons (Fsp3) is 1.00. The zero-order valence-electron chi connectivity index (χ0n) is 12.6. The van der Waals surface area contributed by atoms with Crippen molar-refractivity contribution in [2.45, 2.75) is 52.6 Å². The van der Waals surface area contributed by atoms with Crippen LogP contribution in [0.2, 0.25) is 0 Å². The first-order chi connectivity index (χ1) is 7.75. The van der Waals surface area contributed by atoms with Crippen molar-refractivity contribution in [1.82, 2.24) is 9.96 Å². The van der Waals surface area contributed by atoms with Crippen molar-refractivity contribution < 1.29 is 9.94 Å². The third-order valence-electron chi connectivity index (χ3n) is 4.18. The summed E-state index contributed by atoms with van der Waals surface area (Å²) >= 11 is 0. The Balaban J connectivity index is 4.92. The van der Waals surface area contributed by atoms with Gasteiger partial charge >= 0.3 is 0 Å². The molecule has 4 heteroatoms. The molecule has 0 radical (unpaired) electrons. The molecule has 0 saturated heterocycles. The van der Waals surface area contributed by atoms with Crippen LogP contribution in [0.4, 0.5) is 0 Å². The van der Waals surface area contributed by atoms with E-state index < -0.39 is 0 Å². The fourth-order valence-corrected chi connectivity index (χ4v) is 2.13. The Hall–Kier alpha value is -0.160. The Morgan fingerprint density at radius 3 is 1.88 bits per heavy atom. The molecule has 0 spiro atoms. The number of hydroxylamine groups is 2. The second-order valence-corrected chi connectivity index (χ2v) is 5.41. The van der Waals surface area contributed by atoms with Crippen LogP contribution in [-0.2, 0) is 4.74 Å². The maximum atomic E-state index is 10.1. The van der Waals surface area contributed by atoms with Crippen molar-refractivity contribution in [3.05, 3.63) is 0 Å². The second-order valence-electron chi connectivity index (χ2n) is 5.41. The van der Waals surface area contributed by atoms with Crippen LogP contribution < -0.4 is 0 Å². The standard InChI is InChI=1S/C13H30N2O2/c1-8-14(10-11-17-7)12(3,4)13(5,6)15(16)9-2/h16H,8-11H2,1-7H3. The summed E-state index contributed by atoms with van der Waals surface area (Å²) in [4.78, 5) is 2.34. The monoisotopic (exact) mass is 246 g/mol. The summed E-state index contributed by atoms with van der Waals surface area (Å²) < 4.78 is 5.15. The van der Waals surface area contributed by atoms with E-state index in [4.69, 9.17) is 4.74 Å². The molecule has 0 aliphatic heterocycles. The first-order valence-corrected chi connectivity index (χ1v) is 6.46. The Labute approximate surface area is 107 Å². The molecule has 0 bridgehead atoms. The highest BCUT2D eigenvalue weighted by molar-refractivity contribution is 5.00. The van der Waals surface area contributed by atoms with Gasteiger partial charge in [0.2, 0.25) is 0 Å². The van der Waals surface area contributed by atoms with Crippen molar-refractivity contribution in [3.63, 3.8) is 0 Å². The minimum atomic E-state index is -0.314. The summed E-state index contributed by atoms with van der Waals surface area (Å²) in [7, 11) is 1.72. The van der Waals surface area contributed by atoms with Gasteiger partial charge in [0.05, 0.1) is 12.1 Å². The first kappa shape index (κ1) is 16.8. The van der Waals surface area contributed by atoms with Gasteiger partial charge in [-0.25, -0.2) is 0 Å². The molecule has 0 saturated carbocycles. The normalized spacial score (nSPS) is 13.8. The van der Waals surface area contributed by atoms with E-state index in [9.17, 15) is 5.21 Å². The summed E-state index contributed by atoms with van der Waals surface area (Å²) in [6.45, 7) is 15.7. The molecule has 0 amide bonds. The Bertz CT molecular complexity index is 217. The fourth-order valence-electron chi connectivity index (χ4n) is 2.13. The minimum absolute atomic E-state index is 0.134. The first-order valence-electron chi connectivity index (χ1n) is 6.46. The van der Waals surface area contributed by atoms with Gasteiger partial charge in [0, 0.05) is 25.7 Å². The van der Waals surface area contributed by atoms with Gasteiger partial charge in [0.1, 0.15) is 0 Å². The summed E-state index contributed by atoms with van der Waals surface area (Å²) in [5, 5.41) is 11.5. The van der Waals surface area contributed by atoms with E-state index in [1.165, 1.54) is 5.06 Å². The summed E-state index contributed by atoms with van der Waals surface area (Å²) in [6, 6.07) is 0. The van der Waals surface area contributed by atoms with Crippen LogP contribution >= 0.6 is 0 Å². The summed E-state index contributed by atoms with van der Waals surface area (Å²) in [5.74, 6) is 0. The molecule has 0 atom stereocenters. The maximum Gasteiger partial charge on any atom is 0.0589 e. The topological polar surface area (TPSA) is 35.9 Å². The molecule has 0 heterocycles. The third-order valence-corrected chi connectivity index (χ3v) is 4.18. The van der Waals surface area contributed by atoms with E-state index in [0.717, 1.165) is 13.1 Å². The van der Waals surface area contributed by atoms with Crippen LogP contribution in [0.25, 0.3) is 0 Å². The molecule has 0 rings (SSSR count). The van der Waals surface area contributed by atoms with Crippen molar-refractivity contribution in [3.8, 4) is 0 Å². The molecule has 1 N–H and O–H groups in total. The number of ether oxygens (including phenoxy) is 1. The van der Waals surface area contributed by atoms with E-state index in [2.05, 4.69) is 39.5 Å². The molecule has 17 heavy (non-hydrogen) atoms. The average Bonchev–Trinajstić information content (AvgIpc) is 2.28. The molecule has 0 fully saturated rings. The highest BCUT2D eigenvalue weighted by Crippen LogP contribution is 2.32. The molecule has 0 aliphatic carbocycles. The zero-order chi connectivity index (χ0) is 13.7. The van der Waals surface area contributed by atoms with E-state index in [1.807, 2.05) is 6.92 Å². The lowest BCUT2D eigenvalue weighted by molar-refractivity contribution is -0.201. The molecule has 4 nitrogen and oxygen atoms in total. The molecular formula is C13H30N2O2. The van der Waals surface area contributed by atoms with Gasteiger partial charge in [-0.15, -0.1) is 0 Å². The zero-order valence-corrected chi connectivity index (χ0v) is 12.6. The molecule has 0 aromatic carbocycles. The van der Waals surface area contributed by atoms with Crippen LogP contribution in [-0.4, -0.2) is 59.6 Å². The largest absolute Gasteiger partial charge is 0.383 e. The number of hydrogen-bond acceptors (Lipinski definition) is 4. The van der Waals surface area contributed by atoms with Gasteiger partial charge in [-0.05, 0) is 34.2 Å². The summed E-state index contributed by atoms with van der Waals surface area (Å²) in [6.07, 6.45) is 0. The van der Waals surface area contributed by atoms with E-state index in [-0.39, 0.29) is 11.1 Å². The maximum absolute atomic E-state index is 10.1. The molecule has 0 aliphatic rings. The number of nitrogens with zero attached hydrogens (tertiary/aromatic N) is 2. The van der Waals surface area contributed by atoms with Crippen molar-refractivity contribution in [2.24, 2.45) is 0 Å². The van der Waals surface area contributed by atoms with E-state index >= 15 is 0 Å². The smallest absolute Gasteiger partial charge is 0.0589 e. The number of rotatable bonds is 8.